The molecule has 1 aromatic heterocycles. The zero-order valence-electron chi connectivity index (χ0n) is 10.7. The molecule has 0 aliphatic rings. The van der Waals surface area contributed by atoms with Crippen molar-refractivity contribution in [2.24, 2.45) is 0 Å². The molecule has 19 heavy (non-hydrogen) atoms. The molecule has 0 atom stereocenters. The maximum Gasteiger partial charge on any atom is 0.123 e. The highest BCUT2D eigenvalue weighted by Gasteiger charge is 2.07. The normalized spacial score (nSPS) is 10.8. The van der Waals surface area contributed by atoms with E-state index in [0.29, 0.717) is 0 Å². The lowest BCUT2D eigenvalue weighted by Crippen LogP contribution is -1.93. The average molecular weight is 251 g/mol. The molecular weight excluding hydrogens is 237 g/mol. The Labute approximate surface area is 111 Å². The summed E-state index contributed by atoms with van der Waals surface area (Å²) in [5, 5.41) is 2.28. The van der Waals surface area contributed by atoms with Crippen LogP contribution in [0.2, 0.25) is 0 Å². The highest BCUT2D eigenvalue weighted by Crippen LogP contribution is 2.27. The van der Waals surface area contributed by atoms with Crippen LogP contribution in [0.4, 0.5) is 4.39 Å². The number of pyridine rings is 1. The SMILES string of the molecule is CCc1cc2ccccc2c(-c2ccc(F)cc2)n1. The van der Waals surface area contributed by atoms with Crippen molar-refractivity contribution < 1.29 is 4.39 Å². The molecule has 0 aliphatic heterocycles. The third-order valence-electron chi connectivity index (χ3n) is 3.27. The lowest BCUT2D eigenvalue weighted by atomic mass is 10.0. The van der Waals surface area contributed by atoms with Gasteiger partial charge in [0.25, 0.3) is 0 Å². The summed E-state index contributed by atoms with van der Waals surface area (Å²) < 4.78 is 13.0. The Bertz CT molecular complexity index is 717. The number of benzene rings is 2. The molecule has 0 fully saturated rings. The second-order valence-electron chi connectivity index (χ2n) is 4.54. The Morgan fingerprint density at radius 2 is 1.74 bits per heavy atom. The predicted octanol–water partition coefficient (Wildman–Crippen LogP) is 4.60. The maximum absolute atomic E-state index is 13.0. The van der Waals surface area contributed by atoms with Crippen LogP contribution in [0.25, 0.3) is 22.0 Å². The molecule has 3 aromatic rings. The van der Waals surface area contributed by atoms with Crippen LogP contribution in [0, 0.1) is 5.82 Å². The van der Waals surface area contributed by atoms with Crippen LogP contribution in [0.3, 0.4) is 0 Å². The molecule has 0 amide bonds. The summed E-state index contributed by atoms with van der Waals surface area (Å²) in [6, 6.07) is 16.8. The summed E-state index contributed by atoms with van der Waals surface area (Å²) in [7, 11) is 0. The largest absolute Gasteiger partial charge is 0.252 e. The second kappa shape index (κ2) is 4.81. The molecular formula is C17H14FN. The summed E-state index contributed by atoms with van der Waals surface area (Å²) in [5.74, 6) is -0.222. The van der Waals surface area contributed by atoms with E-state index in [0.717, 1.165) is 28.8 Å². The van der Waals surface area contributed by atoms with Gasteiger partial charge in [0.1, 0.15) is 5.82 Å². The lowest BCUT2D eigenvalue weighted by Gasteiger charge is -2.08. The van der Waals surface area contributed by atoms with Gasteiger partial charge < -0.3 is 0 Å². The number of rotatable bonds is 2. The first-order valence-corrected chi connectivity index (χ1v) is 6.42. The minimum atomic E-state index is -0.222. The molecule has 0 saturated heterocycles. The van der Waals surface area contributed by atoms with Crippen molar-refractivity contribution in [3.8, 4) is 11.3 Å². The third-order valence-corrected chi connectivity index (χ3v) is 3.27. The second-order valence-corrected chi connectivity index (χ2v) is 4.54. The van der Waals surface area contributed by atoms with E-state index >= 15 is 0 Å². The minimum Gasteiger partial charge on any atom is -0.252 e. The van der Waals surface area contributed by atoms with E-state index < -0.39 is 0 Å². The zero-order valence-corrected chi connectivity index (χ0v) is 10.7. The number of fused-ring (bicyclic) bond motifs is 1. The standard InChI is InChI=1S/C17H14FN/c1-2-15-11-13-5-3-4-6-16(13)17(19-15)12-7-9-14(18)10-8-12/h3-11H,2H2,1H3. The van der Waals surface area contributed by atoms with Gasteiger partial charge in [0.05, 0.1) is 5.69 Å². The topological polar surface area (TPSA) is 12.9 Å². The number of halogens is 1. The van der Waals surface area contributed by atoms with Crippen molar-refractivity contribution in [1.29, 1.82) is 0 Å². The average Bonchev–Trinajstić information content (AvgIpc) is 2.47. The van der Waals surface area contributed by atoms with Gasteiger partial charge in [-0.2, -0.15) is 0 Å². The maximum atomic E-state index is 13.0. The van der Waals surface area contributed by atoms with Crippen molar-refractivity contribution in [2.45, 2.75) is 13.3 Å². The van der Waals surface area contributed by atoms with Crippen LogP contribution in [-0.2, 0) is 6.42 Å². The van der Waals surface area contributed by atoms with Gasteiger partial charge in [-0.1, -0.05) is 31.2 Å². The van der Waals surface area contributed by atoms with Gasteiger partial charge in [-0.25, -0.2) is 4.39 Å². The van der Waals surface area contributed by atoms with Crippen LogP contribution >= 0.6 is 0 Å². The monoisotopic (exact) mass is 251 g/mol. The molecule has 1 heterocycles. The highest BCUT2D eigenvalue weighted by atomic mass is 19.1. The Balaban J connectivity index is 2.29. The first-order chi connectivity index (χ1) is 9.28. The fourth-order valence-electron chi connectivity index (χ4n) is 2.26. The Morgan fingerprint density at radius 1 is 1.00 bits per heavy atom. The third kappa shape index (κ3) is 2.22. The molecule has 2 heteroatoms. The molecule has 0 unspecified atom stereocenters. The summed E-state index contributed by atoms with van der Waals surface area (Å²) in [6.45, 7) is 2.09. The molecule has 2 aromatic carbocycles. The van der Waals surface area contributed by atoms with E-state index in [4.69, 9.17) is 4.98 Å². The van der Waals surface area contributed by atoms with Crippen LogP contribution in [0.5, 0.6) is 0 Å². The van der Waals surface area contributed by atoms with E-state index in [-0.39, 0.29) is 5.82 Å². The smallest absolute Gasteiger partial charge is 0.123 e. The predicted molar refractivity (Wildman–Crippen MR) is 76.5 cm³/mol. The zero-order chi connectivity index (χ0) is 13.2. The van der Waals surface area contributed by atoms with Crippen LogP contribution < -0.4 is 0 Å². The van der Waals surface area contributed by atoms with Gasteiger partial charge in [0.15, 0.2) is 0 Å². The molecule has 0 spiro atoms. The van der Waals surface area contributed by atoms with E-state index in [1.54, 1.807) is 12.1 Å². The van der Waals surface area contributed by atoms with Gasteiger partial charge >= 0.3 is 0 Å². The van der Waals surface area contributed by atoms with Crippen molar-refractivity contribution >= 4 is 10.8 Å². The fraction of sp³-hybridized carbons (Fsp3) is 0.118. The summed E-state index contributed by atoms with van der Waals surface area (Å²) in [6.07, 6.45) is 0.888. The lowest BCUT2D eigenvalue weighted by molar-refractivity contribution is 0.628. The molecule has 0 aliphatic carbocycles. The molecule has 1 nitrogen and oxygen atoms in total. The van der Waals surface area contributed by atoms with Crippen LogP contribution in [0.15, 0.2) is 54.6 Å². The van der Waals surface area contributed by atoms with E-state index in [2.05, 4.69) is 25.1 Å². The summed E-state index contributed by atoms with van der Waals surface area (Å²) >= 11 is 0. The molecule has 0 saturated carbocycles. The Morgan fingerprint density at radius 3 is 2.47 bits per heavy atom. The van der Waals surface area contributed by atoms with Gasteiger partial charge in [-0.3, -0.25) is 4.98 Å². The van der Waals surface area contributed by atoms with Crippen LogP contribution in [-0.4, -0.2) is 4.98 Å². The van der Waals surface area contributed by atoms with Gasteiger partial charge in [-0.15, -0.1) is 0 Å². The molecule has 94 valence electrons. The molecule has 0 N–H and O–H groups in total. The molecule has 0 radical (unpaired) electrons. The summed E-state index contributed by atoms with van der Waals surface area (Å²) in [4.78, 5) is 4.70. The Kier molecular flexibility index (Phi) is 3.00. The quantitative estimate of drug-likeness (QED) is 0.648. The highest BCUT2D eigenvalue weighted by molar-refractivity contribution is 5.94. The fourth-order valence-corrected chi connectivity index (χ4v) is 2.26. The van der Waals surface area contributed by atoms with Gasteiger partial charge in [0, 0.05) is 16.6 Å². The van der Waals surface area contributed by atoms with Crippen molar-refractivity contribution in [2.75, 3.05) is 0 Å². The first-order valence-electron chi connectivity index (χ1n) is 6.42. The van der Waals surface area contributed by atoms with Crippen molar-refractivity contribution in [3.63, 3.8) is 0 Å². The molecule has 0 bridgehead atoms. The van der Waals surface area contributed by atoms with Crippen molar-refractivity contribution in [3.05, 3.63) is 66.1 Å². The summed E-state index contributed by atoms with van der Waals surface area (Å²) in [5.41, 5.74) is 2.93. The molecule has 3 rings (SSSR count). The van der Waals surface area contributed by atoms with Crippen molar-refractivity contribution in [1.82, 2.24) is 4.98 Å². The number of hydrogen-bond donors (Lipinski definition) is 0. The minimum absolute atomic E-state index is 0.222. The van der Waals surface area contributed by atoms with E-state index in [9.17, 15) is 4.39 Å². The van der Waals surface area contributed by atoms with Gasteiger partial charge in [0.2, 0.25) is 0 Å². The number of nitrogens with zero attached hydrogens (tertiary/aromatic N) is 1. The Hall–Kier alpha value is -2.22. The van der Waals surface area contributed by atoms with Crippen LogP contribution in [0.1, 0.15) is 12.6 Å². The first kappa shape index (κ1) is 11.8. The number of aryl methyl sites for hydroxylation is 1. The van der Waals surface area contributed by atoms with E-state index in [1.165, 1.54) is 17.5 Å². The van der Waals surface area contributed by atoms with E-state index in [1.807, 2.05) is 12.1 Å². The van der Waals surface area contributed by atoms with Gasteiger partial charge in [-0.05, 0) is 42.1 Å². The number of hydrogen-bond acceptors (Lipinski definition) is 1. The number of aromatic nitrogens is 1.